The van der Waals surface area contributed by atoms with Gasteiger partial charge in [0.1, 0.15) is 0 Å². The van der Waals surface area contributed by atoms with Crippen molar-refractivity contribution in [3.63, 3.8) is 0 Å². The zero-order valence-electron chi connectivity index (χ0n) is 21.2. The Labute approximate surface area is 213 Å². The molecule has 7 heteroatoms. The first kappa shape index (κ1) is 24.6. The van der Waals surface area contributed by atoms with Crippen molar-refractivity contribution >= 4 is 23.6 Å². The summed E-state index contributed by atoms with van der Waals surface area (Å²) in [6.45, 7) is 7.38. The van der Waals surface area contributed by atoms with E-state index in [4.69, 9.17) is 16.3 Å². The van der Waals surface area contributed by atoms with Gasteiger partial charge in [-0.2, -0.15) is 0 Å². The Bertz CT molecular complexity index is 1070. The van der Waals surface area contributed by atoms with Gasteiger partial charge < -0.3 is 15.2 Å². The van der Waals surface area contributed by atoms with Crippen molar-refractivity contribution in [2.75, 3.05) is 13.7 Å². The van der Waals surface area contributed by atoms with E-state index in [1.165, 1.54) is 0 Å². The Hall–Kier alpha value is -2.05. The van der Waals surface area contributed by atoms with Gasteiger partial charge in [0, 0.05) is 24.9 Å². The van der Waals surface area contributed by atoms with Crippen molar-refractivity contribution in [3.05, 3.63) is 46.1 Å². The number of fused-ring (bicyclic) bond motifs is 1. The minimum Gasteiger partial charge on any atom is -0.481 e. The van der Waals surface area contributed by atoms with Gasteiger partial charge in [0.15, 0.2) is 0 Å². The number of ether oxygens (including phenoxy) is 1. The summed E-state index contributed by atoms with van der Waals surface area (Å²) in [5, 5.41) is 13.7. The average molecular weight is 501 g/mol. The molecule has 0 radical (unpaired) electrons. The zero-order chi connectivity index (χ0) is 25.2. The quantitative estimate of drug-likeness (QED) is 0.490. The first-order chi connectivity index (χ1) is 16.4. The number of carboxylic acid groups (broad SMARTS) is 1. The minimum absolute atomic E-state index is 0.134. The molecule has 2 N–H and O–H groups in total. The Morgan fingerprint density at radius 2 is 2.00 bits per heavy atom. The highest BCUT2D eigenvalue weighted by molar-refractivity contribution is 6.31. The number of hydrogen-bond acceptors (Lipinski definition) is 3. The second-order valence-electron chi connectivity index (χ2n) is 12.6. The summed E-state index contributed by atoms with van der Waals surface area (Å²) >= 11 is 6.79. The molecule has 2 amide bonds. The van der Waals surface area contributed by atoms with Crippen molar-refractivity contribution < 1.29 is 19.4 Å². The maximum absolute atomic E-state index is 13.5. The van der Waals surface area contributed by atoms with Crippen molar-refractivity contribution in [1.29, 1.82) is 0 Å². The Morgan fingerprint density at radius 1 is 1.29 bits per heavy atom. The van der Waals surface area contributed by atoms with Gasteiger partial charge in [-0.15, -0.1) is 0 Å². The predicted octanol–water partition coefficient (Wildman–Crippen LogP) is 5.88. The standard InChI is InChI=1S/C28H37ClN2O4/c1-25(2,3)9-8-19-5-6-20(12-22(19)29)28-10-7-18(14-35-4)11-21(28)13-31(24(34)30-28)27-15-26(16-27,17-27)23(32)33/h5-6,12-13,18H,7-11,14-17H2,1-4H3,(H,30,34)(H,32,33)/t18?,26?,27?,28-/m0/s1. The van der Waals surface area contributed by atoms with Crippen LogP contribution in [0.3, 0.4) is 0 Å². The van der Waals surface area contributed by atoms with Crippen LogP contribution in [0.5, 0.6) is 0 Å². The van der Waals surface area contributed by atoms with Crippen LogP contribution in [0.4, 0.5) is 4.79 Å². The molecule has 1 heterocycles. The van der Waals surface area contributed by atoms with E-state index in [0.29, 0.717) is 31.8 Å². The van der Waals surface area contributed by atoms with Gasteiger partial charge in [0.2, 0.25) is 0 Å². The molecule has 4 aliphatic carbocycles. The molecule has 1 aromatic rings. The Kier molecular flexibility index (Phi) is 5.80. The number of nitrogens with zero attached hydrogens (tertiary/aromatic N) is 1. The maximum atomic E-state index is 13.5. The van der Waals surface area contributed by atoms with Crippen molar-refractivity contribution in [3.8, 4) is 0 Å². The molecule has 190 valence electrons. The fourth-order valence-electron chi connectivity index (χ4n) is 6.81. The van der Waals surface area contributed by atoms with Crippen LogP contribution in [0.25, 0.3) is 0 Å². The van der Waals surface area contributed by atoms with E-state index in [2.05, 4.69) is 38.2 Å². The molecule has 6 rings (SSSR count). The summed E-state index contributed by atoms with van der Waals surface area (Å²) in [7, 11) is 1.73. The summed E-state index contributed by atoms with van der Waals surface area (Å²) in [6, 6.07) is 6.16. The van der Waals surface area contributed by atoms with Crippen LogP contribution in [0.2, 0.25) is 5.02 Å². The summed E-state index contributed by atoms with van der Waals surface area (Å²) in [4.78, 5) is 26.9. The lowest BCUT2D eigenvalue weighted by atomic mass is 9.38. The first-order valence-corrected chi connectivity index (χ1v) is 13.1. The lowest BCUT2D eigenvalue weighted by Crippen LogP contribution is -2.78. The summed E-state index contributed by atoms with van der Waals surface area (Å²) in [5.41, 5.74) is 1.99. The highest BCUT2D eigenvalue weighted by Gasteiger charge is 2.75. The topological polar surface area (TPSA) is 78.9 Å². The fraction of sp³-hybridized carbons (Fsp3) is 0.643. The van der Waals surface area contributed by atoms with E-state index in [-0.39, 0.29) is 17.0 Å². The minimum atomic E-state index is -0.738. The molecule has 35 heavy (non-hydrogen) atoms. The molecular weight excluding hydrogens is 464 g/mol. The van der Waals surface area contributed by atoms with Crippen LogP contribution in [0, 0.1) is 16.7 Å². The number of methoxy groups -OCH3 is 1. The molecular formula is C28H37ClN2O4. The van der Waals surface area contributed by atoms with Gasteiger partial charge in [-0.1, -0.05) is 44.5 Å². The number of aryl methyl sites for hydroxylation is 1. The summed E-state index contributed by atoms with van der Waals surface area (Å²) in [5.74, 6) is -0.353. The number of carbonyl (C=O) groups excluding carboxylic acids is 1. The van der Waals surface area contributed by atoms with Gasteiger partial charge in [0.05, 0.1) is 16.5 Å². The van der Waals surface area contributed by atoms with E-state index >= 15 is 0 Å². The second-order valence-corrected chi connectivity index (χ2v) is 13.0. The van der Waals surface area contributed by atoms with Gasteiger partial charge >= 0.3 is 12.0 Å². The van der Waals surface area contributed by atoms with Gasteiger partial charge in [-0.3, -0.25) is 9.69 Å². The molecule has 4 saturated carbocycles. The van der Waals surface area contributed by atoms with Crippen LogP contribution in [-0.4, -0.2) is 41.3 Å². The molecule has 0 saturated heterocycles. The number of aliphatic carboxylic acids is 1. The predicted molar refractivity (Wildman–Crippen MR) is 135 cm³/mol. The molecule has 2 atom stereocenters. The van der Waals surface area contributed by atoms with Crippen LogP contribution in [0.1, 0.15) is 76.8 Å². The van der Waals surface area contributed by atoms with E-state index in [0.717, 1.165) is 53.8 Å². The third kappa shape index (κ3) is 3.97. The smallest absolute Gasteiger partial charge is 0.322 e. The maximum Gasteiger partial charge on any atom is 0.322 e. The number of nitrogens with one attached hydrogen (secondary N) is 1. The molecule has 0 spiro atoms. The number of urea groups is 1. The van der Waals surface area contributed by atoms with Crippen LogP contribution in [-0.2, 0) is 21.5 Å². The zero-order valence-corrected chi connectivity index (χ0v) is 22.0. The highest BCUT2D eigenvalue weighted by Crippen LogP contribution is 2.70. The molecule has 1 aliphatic heterocycles. The van der Waals surface area contributed by atoms with Gasteiger partial charge in [-0.05, 0) is 85.5 Å². The first-order valence-electron chi connectivity index (χ1n) is 12.8. The number of benzene rings is 1. The average Bonchev–Trinajstić information content (AvgIpc) is 2.71. The molecule has 1 aromatic carbocycles. The largest absolute Gasteiger partial charge is 0.481 e. The van der Waals surface area contributed by atoms with Crippen LogP contribution < -0.4 is 5.32 Å². The number of carboxylic acids is 1. The number of amides is 2. The molecule has 6 nitrogen and oxygen atoms in total. The third-order valence-corrected chi connectivity index (χ3v) is 9.22. The molecule has 5 aliphatic rings. The van der Waals surface area contributed by atoms with Crippen LogP contribution in [0.15, 0.2) is 30.0 Å². The van der Waals surface area contributed by atoms with E-state index in [1.54, 1.807) is 12.0 Å². The van der Waals surface area contributed by atoms with E-state index in [9.17, 15) is 14.7 Å². The van der Waals surface area contributed by atoms with E-state index < -0.39 is 16.9 Å². The third-order valence-electron chi connectivity index (χ3n) is 8.87. The number of hydrogen-bond donors (Lipinski definition) is 2. The molecule has 4 fully saturated rings. The van der Waals surface area contributed by atoms with Gasteiger partial charge in [0.25, 0.3) is 0 Å². The second kappa shape index (κ2) is 8.24. The highest BCUT2D eigenvalue weighted by atomic mass is 35.5. The lowest BCUT2D eigenvalue weighted by Gasteiger charge is -2.71. The Morgan fingerprint density at radius 3 is 2.60 bits per heavy atom. The number of halogens is 1. The summed E-state index contributed by atoms with van der Waals surface area (Å²) < 4.78 is 5.47. The molecule has 0 aromatic heterocycles. The SMILES string of the molecule is COCC1CC[C@@]2(c3ccc(CCC(C)(C)C)c(Cl)c3)NC(=O)N(C34CC(C(=O)O)(C3)C4)C=C2C1. The normalized spacial score (nSPS) is 33.7. The monoisotopic (exact) mass is 500 g/mol. The van der Waals surface area contributed by atoms with Crippen LogP contribution >= 0.6 is 11.6 Å². The van der Waals surface area contributed by atoms with Crippen molar-refractivity contribution in [1.82, 2.24) is 10.2 Å². The number of carbonyl (C=O) groups is 2. The van der Waals surface area contributed by atoms with Crippen molar-refractivity contribution in [2.45, 2.75) is 83.2 Å². The molecule has 1 unspecified atom stereocenters. The number of rotatable bonds is 7. The lowest BCUT2D eigenvalue weighted by molar-refractivity contribution is -0.215. The summed E-state index contributed by atoms with van der Waals surface area (Å²) in [6.07, 6.45) is 8.17. The van der Waals surface area contributed by atoms with Gasteiger partial charge in [-0.25, -0.2) is 4.79 Å². The fourth-order valence-corrected chi connectivity index (χ4v) is 7.08. The molecule has 2 bridgehead atoms. The Balaban J connectivity index is 1.46. The van der Waals surface area contributed by atoms with E-state index in [1.807, 2.05) is 12.3 Å². The van der Waals surface area contributed by atoms with Crippen molar-refractivity contribution in [2.24, 2.45) is 16.7 Å².